The largest absolute Gasteiger partial charge is 0.465 e. The number of carbonyl (C=O) groups is 1. The first-order chi connectivity index (χ1) is 12.5. The van der Waals surface area contributed by atoms with E-state index in [-0.39, 0.29) is 5.97 Å². The number of nitrogens with zero attached hydrogens (tertiary/aromatic N) is 2. The number of aromatic nitrogens is 2. The van der Waals surface area contributed by atoms with Gasteiger partial charge in [0.1, 0.15) is 5.82 Å². The summed E-state index contributed by atoms with van der Waals surface area (Å²) < 4.78 is 4.68. The van der Waals surface area contributed by atoms with Gasteiger partial charge < -0.3 is 15.4 Å². The molecule has 0 fully saturated rings. The van der Waals surface area contributed by atoms with Gasteiger partial charge >= 0.3 is 5.97 Å². The number of ether oxygens (including phenoxy) is 1. The van der Waals surface area contributed by atoms with Crippen LogP contribution in [0, 0.1) is 6.92 Å². The first kappa shape index (κ1) is 17.7. The highest BCUT2D eigenvalue weighted by Crippen LogP contribution is 2.23. The number of esters is 1. The quantitative estimate of drug-likeness (QED) is 0.635. The molecule has 0 aliphatic rings. The van der Waals surface area contributed by atoms with Crippen molar-refractivity contribution in [1.29, 1.82) is 0 Å². The maximum absolute atomic E-state index is 11.5. The topological polar surface area (TPSA) is 76.1 Å². The Balaban J connectivity index is 1.72. The number of methoxy groups -OCH3 is 1. The molecule has 132 valence electrons. The summed E-state index contributed by atoms with van der Waals surface area (Å²) in [6, 6.07) is 14.3. The van der Waals surface area contributed by atoms with Crippen molar-refractivity contribution in [3.05, 3.63) is 70.9 Å². The van der Waals surface area contributed by atoms with Crippen molar-refractivity contribution in [2.75, 3.05) is 17.7 Å². The van der Waals surface area contributed by atoms with Crippen LogP contribution in [-0.4, -0.2) is 23.0 Å². The highest BCUT2D eigenvalue weighted by Gasteiger charge is 2.06. The summed E-state index contributed by atoms with van der Waals surface area (Å²) in [6.07, 6.45) is 1.65. The summed E-state index contributed by atoms with van der Waals surface area (Å²) in [7, 11) is 1.35. The van der Waals surface area contributed by atoms with Crippen LogP contribution < -0.4 is 10.6 Å². The number of carbonyl (C=O) groups excluding carboxylic acids is 1. The number of hydrogen-bond acceptors (Lipinski definition) is 6. The number of hydrogen-bond donors (Lipinski definition) is 2. The fourth-order valence-electron chi connectivity index (χ4n) is 2.24. The molecule has 7 heteroatoms. The molecule has 1 heterocycles. The second-order valence-electron chi connectivity index (χ2n) is 5.55. The van der Waals surface area contributed by atoms with Gasteiger partial charge in [-0.2, -0.15) is 4.98 Å². The number of benzene rings is 2. The summed E-state index contributed by atoms with van der Waals surface area (Å²) in [6.45, 7) is 1.94. The molecule has 2 N–H and O–H groups in total. The molecule has 26 heavy (non-hydrogen) atoms. The monoisotopic (exact) mass is 368 g/mol. The minimum Gasteiger partial charge on any atom is -0.465 e. The SMILES string of the molecule is COC(=O)c1ccc(Nc2ccnc(Nc3ccc(C)c(Cl)c3)n2)cc1. The van der Waals surface area contributed by atoms with E-state index in [0.717, 1.165) is 16.9 Å². The third-order valence-electron chi connectivity index (χ3n) is 3.66. The molecule has 0 amide bonds. The van der Waals surface area contributed by atoms with Gasteiger partial charge in [0.25, 0.3) is 0 Å². The lowest BCUT2D eigenvalue weighted by Crippen LogP contribution is -2.02. The van der Waals surface area contributed by atoms with Crippen LogP contribution in [-0.2, 0) is 4.74 Å². The summed E-state index contributed by atoms with van der Waals surface area (Å²) >= 11 is 6.14. The molecule has 3 rings (SSSR count). The first-order valence-corrected chi connectivity index (χ1v) is 8.24. The second-order valence-corrected chi connectivity index (χ2v) is 5.96. The average Bonchev–Trinajstić information content (AvgIpc) is 2.65. The van der Waals surface area contributed by atoms with Crippen LogP contribution in [0.2, 0.25) is 5.02 Å². The Labute approximate surface area is 156 Å². The average molecular weight is 369 g/mol. The van der Waals surface area contributed by atoms with Gasteiger partial charge in [-0.3, -0.25) is 0 Å². The molecule has 0 aliphatic heterocycles. The maximum atomic E-state index is 11.5. The van der Waals surface area contributed by atoms with E-state index < -0.39 is 0 Å². The molecule has 3 aromatic rings. The lowest BCUT2D eigenvalue weighted by molar-refractivity contribution is 0.0601. The Kier molecular flexibility index (Phi) is 5.34. The minimum atomic E-state index is -0.373. The Morgan fingerprint density at radius 1 is 1.04 bits per heavy atom. The smallest absolute Gasteiger partial charge is 0.337 e. The molecule has 1 aromatic heterocycles. The van der Waals surface area contributed by atoms with Gasteiger partial charge in [-0.1, -0.05) is 17.7 Å². The van der Waals surface area contributed by atoms with Crippen LogP contribution in [0.4, 0.5) is 23.1 Å². The first-order valence-electron chi connectivity index (χ1n) is 7.87. The van der Waals surface area contributed by atoms with Crippen molar-refractivity contribution in [2.45, 2.75) is 6.92 Å². The summed E-state index contributed by atoms with van der Waals surface area (Å²) in [5.74, 6) is 0.689. The van der Waals surface area contributed by atoms with Crippen LogP contribution in [0.25, 0.3) is 0 Å². The Morgan fingerprint density at radius 2 is 1.77 bits per heavy atom. The van der Waals surface area contributed by atoms with Crippen molar-refractivity contribution in [3.63, 3.8) is 0 Å². The summed E-state index contributed by atoms with van der Waals surface area (Å²) in [5, 5.41) is 6.96. The number of rotatable bonds is 5. The van der Waals surface area contributed by atoms with Crippen LogP contribution in [0.3, 0.4) is 0 Å². The molecule has 0 saturated carbocycles. The molecule has 0 aliphatic carbocycles. The zero-order chi connectivity index (χ0) is 18.5. The standard InChI is InChI=1S/C19H17ClN4O2/c1-12-3-6-15(11-16(12)20)23-19-21-10-9-17(24-19)22-14-7-4-13(5-8-14)18(25)26-2/h3-11H,1-2H3,(H2,21,22,23,24). The Hall–Kier alpha value is -3.12. The van der Waals surface area contributed by atoms with E-state index in [1.165, 1.54) is 7.11 Å². The number of aryl methyl sites for hydroxylation is 1. The van der Waals surface area contributed by atoms with Gasteiger partial charge in [0.05, 0.1) is 12.7 Å². The zero-order valence-corrected chi connectivity index (χ0v) is 15.0. The lowest BCUT2D eigenvalue weighted by Gasteiger charge is -2.09. The Morgan fingerprint density at radius 3 is 2.46 bits per heavy atom. The molecule has 0 spiro atoms. The highest BCUT2D eigenvalue weighted by molar-refractivity contribution is 6.31. The molecule has 2 aromatic carbocycles. The van der Waals surface area contributed by atoms with Gasteiger partial charge in [0, 0.05) is 22.6 Å². The predicted octanol–water partition coefficient (Wildman–Crippen LogP) is 4.71. The van der Waals surface area contributed by atoms with Gasteiger partial charge in [0.15, 0.2) is 0 Å². The summed E-state index contributed by atoms with van der Waals surface area (Å²) in [4.78, 5) is 20.1. The molecule has 0 unspecified atom stereocenters. The third-order valence-corrected chi connectivity index (χ3v) is 4.07. The van der Waals surface area contributed by atoms with Crippen molar-refractivity contribution < 1.29 is 9.53 Å². The van der Waals surface area contributed by atoms with Crippen molar-refractivity contribution >= 4 is 40.7 Å². The predicted molar refractivity (Wildman–Crippen MR) is 103 cm³/mol. The van der Waals surface area contributed by atoms with E-state index in [2.05, 4.69) is 25.3 Å². The molecule has 0 saturated heterocycles. The van der Waals surface area contributed by atoms with E-state index >= 15 is 0 Å². The minimum absolute atomic E-state index is 0.373. The van der Waals surface area contributed by atoms with Crippen molar-refractivity contribution in [2.24, 2.45) is 0 Å². The number of nitrogens with one attached hydrogen (secondary N) is 2. The van der Waals surface area contributed by atoms with Crippen molar-refractivity contribution in [1.82, 2.24) is 9.97 Å². The van der Waals surface area contributed by atoms with Crippen molar-refractivity contribution in [3.8, 4) is 0 Å². The number of anilines is 4. The zero-order valence-electron chi connectivity index (χ0n) is 14.3. The number of halogens is 1. The lowest BCUT2D eigenvalue weighted by atomic mass is 10.2. The normalized spacial score (nSPS) is 10.3. The second kappa shape index (κ2) is 7.84. The van der Waals surface area contributed by atoms with Crippen LogP contribution in [0.5, 0.6) is 0 Å². The molecule has 6 nitrogen and oxygen atoms in total. The summed E-state index contributed by atoms with van der Waals surface area (Å²) in [5.41, 5.74) is 3.09. The third kappa shape index (κ3) is 4.29. The van der Waals surface area contributed by atoms with Crippen LogP contribution >= 0.6 is 11.6 Å². The van der Waals surface area contributed by atoms with Crippen LogP contribution in [0.1, 0.15) is 15.9 Å². The van der Waals surface area contributed by atoms with Gasteiger partial charge in [0.2, 0.25) is 5.95 Å². The molecule has 0 atom stereocenters. The fourth-order valence-corrected chi connectivity index (χ4v) is 2.42. The highest BCUT2D eigenvalue weighted by atomic mass is 35.5. The van der Waals surface area contributed by atoms with Gasteiger partial charge in [-0.15, -0.1) is 0 Å². The molecule has 0 bridgehead atoms. The van der Waals surface area contributed by atoms with Crippen LogP contribution in [0.15, 0.2) is 54.7 Å². The van der Waals surface area contributed by atoms with E-state index in [0.29, 0.717) is 22.4 Å². The van der Waals surface area contributed by atoms with E-state index in [9.17, 15) is 4.79 Å². The molecular weight excluding hydrogens is 352 g/mol. The van der Waals surface area contributed by atoms with Gasteiger partial charge in [-0.05, 0) is 55.0 Å². The maximum Gasteiger partial charge on any atom is 0.337 e. The molecular formula is C19H17ClN4O2. The fraction of sp³-hybridized carbons (Fsp3) is 0.105. The Bertz CT molecular complexity index is 929. The van der Waals surface area contributed by atoms with E-state index in [1.807, 2.05) is 25.1 Å². The molecule has 0 radical (unpaired) electrons. The van der Waals surface area contributed by atoms with Gasteiger partial charge in [-0.25, -0.2) is 9.78 Å². The van der Waals surface area contributed by atoms with E-state index in [4.69, 9.17) is 11.6 Å². The van der Waals surface area contributed by atoms with E-state index in [1.54, 1.807) is 36.5 Å².